The number of esters is 2. The number of fused-ring (bicyclic) bond motifs is 3. The summed E-state index contributed by atoms with van der Waals surface area (Å²) >= 11 is 0. The first-order valence-electron chi connectivity index (χ1n) is 9.80. The summed E-state index contributed by atoms with van der Waals surface area (Å²) in [6, 6.07) is 6.57. The molecule has 0 aliphatic rings. The molecule has 3 aromatic rings. The van der Waals surface area contributed by atoms with Crippen molar-refractivity contribution in [1.29, 1.82) is 0 Å². The number of phenols is 1. The van der Waals surface area contributed by atoms with Crippen molar-refractivity contribution < 1.29 is 29.0 Å². The Balaban J connectivity index is 2.11. The zero-order valence-corrected chi connectivity index (χ0v) is 18.1. The number of para-hydroxylation sites is 1. The van der Waals surface area contributed by atoms with E-state index in [-0.39, 0.29) is 11.4 Å². The number of phenolic OH excluding ortho intramolecular Hbond substituents is 1. The molecule has 0 bridgehead atoms. The van der Waals surface area contributed by atoms with E-state index in [0.29, 0.717) is 33.1 Å². The van der Waals surface area contributed by atoms with Crippen LogP contribution in [0.25, 0.3) is 21.8 Å². The van der Waals surface area contributed by atoms with Crippen LogP contribution in [-0.2, 0) is 19.1 Å². The average Bonchev–Trinajstić information content (AvgIpc) is 3.17. The second kappa shape index (κ2) is 9.34. The van der Waals surface area contributed by atoms with Crippen molar-refractivity contribution in [2.75, 3.05) is 7.11 Å². The molecule has 2 heterocycles. The molecule has 3 rings (SSSR count). The minimum atomic E-state index is -0.798. The van der Waals surface area contributed by atoms with Crippen LogP contribution in [-0.4, -0.2) is 40.0 Å². The van der Waals surface area contributed by atoms with Gasteiger partial charge in [-0.3, -0.25) is 4.79 Å². The first-order chi connectivity index (χ1) is 15.3. The van der Waals surface area contributed by atoms with Gasteiger partial charge in [0.15, 0.2) is 0 Å². The van der Waals surface area contributed by atoms with Crippen LogP contribution < -0.4 is 5.32 Å². The number of benzene rings is 1. The quantitative estimate of drug-likeness (QED) is 0.398. The summed E-state index contributed by atoms with van der Waals surface area (Å²) < 4.78 is 10.0. The lowest BCUT2D eigenvalue weighted by molar-refractivity contribution is -0.143. The monoisotopic (exact) mass is 437 g/mol. The van der Waals surface area contributed by atoms with E-state index in [1.54, 1.807) is 45.0 Å². The van der Waals surface area contributed by atoms with Gasteiger partial charge < -0.3 is 24.9 Å². The Kier molecular flexibility index (Phi) is 6.58. The Labute approximate surface area is 183 Å². The lowest BCUT2D eigenvalue weighted by Crippen LogP contribution is -2.20. The second-order valence-electron chi connectivity index (χ2n) is 6.99. The van der Waals surface area contributed by atoms with Crippen LogP contribution in [0.15, 0.2) is 48.2 Å². The maximum Gasteiger partial charge on any atom is 0.334 e. The normalized spacial score (nSPS) is 12.8. The predicted molar refractivity (Wildman–Crippen MR) is 118 cm³/mol. The zero-order chi connectivity index (χ0) is 23.4. The summed E-state index contributed by atoms with van der Waals surface area (Å²) in [7, 11) is 1.22. The number of methoxy groups -OCH3 is 1. The standard InChI is InChI=1S/C23H23N3O6/c1-5-12(2)23(30)32-13(3)19-21-15(14-7-6-8-17(27)20(14)26-21)11-16(25-19)22(29)24-10-9-18(28)31-4/h5-11,13,26-27H,1-4H3,(H,24,29). The molecule has 0 spiro atoms. The molecule has 1 atom stereocenters. The van der Waals surface area contributed by atoms with Crippen LogP contribution >= 0.6 is 0 Å². The fourth-order valence-electron chi connectivity index (χ4n) is 3.09. The Bertz CT molecular complexity index is 1270. The molecule has 0 aliphatic heterocycles. The Morgan fingerprint density at radius 1 is 1.22 bits per heavy atom. The molecule has 0 fully saturated rings. The number of aromatic nitrogens is 2. The van der Waals surface area contributed by atoms with Crippen molar-refractivity contribution in [3.8, 4) is 5.75 Å². The first-order valence-corrected chi connectivity index (χ1v) is 9.80. The third-order valence-electron chi connectivity index (χ3n) is 4.92. The number of pyridine rings is 1. The molecule has 2 aromatic heterocycles. The lowest BCUT2D eigenvalue weighted by atomic mass is 10.1. The summed E-state index contributed by atoms with van der Waals surface area (Å²) in [5, 5.41) is 14.0. The number of amides is 1. The number of allylic oxidation sites excluding steroid dienone is 1. The van der Waals surface area contributed by atoms with Gasteiger partial charge in [0.05, 0.1) is 18.1 Å². The SMILES string of the molecule is CC=C(C)C(=O)OC(C)c1nc(C(=O)NC=CC(=O)OC)cc2c1[nH]c1c(O)cccc12. The van der Waals surface area contributed by atoms with Crippen LogP contribution in [0.2, 0.25) is 0 Å². The number of H-pyrrole nitrogens is 1. The van der Waals surface area contributed by atoms with E-state index in [1.165, 1.54) is 13.2 Å². The predicted octanol–water partition coefficient (Wildman–Crippen LogP) is 3.41. The summed E-state index contributed by atoms with van der Waals surface area (Å²) in [6.07, 6.45) is 3.05. The van der Waals surface area contributed by atoms with E-state index in [0.717, 1.165) is 12.3 Å². The van der Waals surface area contributed by atoms with Crippen molar-refractivity contribution >= 4 is 39.7 Å². The van der Waals surface area contributed by atoms with Gasteiger partial charge in [0.25, 0.3) is 5.91 Å². The second-order valence-corrected chi connectivity index (χ2v) is 6.99. The molecule has 1 amide bonds. The number of carbonyl (C=O) groups excluding carboxylic acids is 3. The minimum Gasteiger partial charge on any atom is -0.506 e. The van der Waals surface area contributed by atoms with Gasteiger partial charge in [0.1, 0.15) is 23.2 Å². The number of hydrogen-bond acceptors (Lipinski definition) is 7. The number of nitrogens with zero attached hydrogens (tertiary/aromatic N) is 1. The summed E-state index contributed by atoms with van der Waals surface area (Å²) in [6.45, 7) is 5.01. The van der Waals surface area contributed by atoms with Crippen LogP contribution in [0.3, 0.4) is 0 Å². The fraction of sp³-hybridized carbons (Fsp3) is 0.217. The van der Waals surface area contributed by atoms with E-state index in [2.05, 4.69) is 20.0 Å². The number of aromatic hydroxyl groups is 1. The van der Waals surface area contributed by atoms with Crippen LogP contribution in [0.1, 0.15) is 43.1 Å². The minimum absolute atomic E-state index is 0.0334. The molecule has 166 valence electrons. The van der Waals surface area contributed by atoms with E-state index < -0.39 is 23.9 Å². The molecular formula is C23H23N3O6. The van der Waals surface area contributed by atoms with Crippen molar-refractivity contribution in [3.63, 3.8) is 0 Å². The highest BCUT2D eigenvalue weighted by Gasteiger charge is 2.22. The molecule has 1 unspecified atom stereocenters. The third-order valence-corrected chi connectivity index (χ3v) is 4.92. The summed E-state index contributed by atoms with van der Waals surface area (Å²) in [4.78, 5) is 43.7. The summed E-state index contributed by atoms with van der Waals surface area (Å²) in [5.41, 5.74) is 1.79. The van der Waals surface area contributed by atoms with Gasteiger partial charge in [-0.1, -0.05) is 18.2 Å². The van der Waals surface area contributed by atoms with Gasteiger partial charge in [-0.15, -0.1) is 0 Å². The molecule has 9 nitrogen and oxygen atoms in total. The molecular weight excluding hydrogens is 414 g/mol. The van der Waals surface area contributed by atoms with Gasteiger partial charge in [-0.05, 0) is 32.9 Å². The van der Waals surface area contributed by atoms with Gasteiger partial charge in [-0.2, -0.15) is 0 Å². The smallest absolute Gasteiger partial charge is 0.334 e. The third kappa shape index (κ3) is 4.46. The molecule has 32 heavy (non-hydrogen) atoms. The number of ether oxygens (including phenoxy) is 2. The van der Waals surface area contributed by atoms with Crippen LogP contribution in [0.5, 0.6) is 5.75 Å². The van der Waals surface area contributed by atoms with E-state index in [4.69, 9.17) is 4.74 Å². The van der Waals surface area contributed by atoms with Gasteiger partial charge in [0.2, 0.25) is 0 Å². The Hall–Kier alpha value is -4.14. The van der Waals surface area contributed by atoms with Crippen LogP contribution in [0.4, 0.5) is 0 Å². The largest absolute Gasteiger partial charge is 0.506 e. The molecule has 0 saturated heterocycles. The highest BCUT2D eigenvalue weighted by atomic mass is 16.5. The first kappa shape index (κ1) is 22.5. The Morgan fingerprint density at radius 2 is 1.97 bits per heavy atom. The maximum atomic E-state index is 12.7. The molecule has 0 aliphatic carbocycles. The average molecular weight is 437 g/mol. The number of carbonyl (C=O) groups is 3. The molecule has 3 N–H and O–H groups in total. The fourth-order valence-corrected chi connectivity index (χ4v) is 3.09. The highest BCUT2D eigenvalue weighted by molar-refractivity contribution is 6.11. The van der Waals surface area contributed by atoms with Crippen molar-refractivity contribution in [1.82, 2.24) is 15.3 Å². The van der Waals surface area contributed by atoms with Gasteiger partial charge in [-0.25, -0.2) is 14.6 Å². The van der Waals surface area contributed by atoms with E-state index in [9.17, 15) is 19.5 Å². The number of aromatic amines is 1. The number of rotatable bonds is 6. The number of nitrogens with one attached hydrogen (secondary N) is 2. The molecule has 0 saturated carbocycles. The van der Waals surface area contributed by atoms with E-state index in [1.807, 2.05) is 0 Å². The lowest BCUT2D eigenvalue weighted by Gasteiger charge is -2.15. The highest BCUT2D eigenvalue weighted by Crippen LogP contribution is 2.35. The van der Waals surface area contributed by atoms with Gasteiger partial charge >= 0.3 is 11.9 Å². The maximum absolute atomic E-state index is 12.7. The molecule has 9 heteroatoms. The van der Waals surface area contributed by atoms with Crippen molar-refractivity contribution in [2.24, 2.45) is 0 Å². The topological polar surface area (TPSA) is 131 Å². The molecule has 0 radical (unpaired) electrons. The Morgan fingerprint density at radius 3 is 2.66 bits per heavy atom. The molecule has 1 aromatic carbocycles. The van der Waals surface area contributed by atoms with Crippen LogP contribution in [0, 0.1) is 0 Å². The van der Waals surface area contributed by atoms with Crippen molar-refractivity contribution in [3.05, 3.63) is 59.6 Å². The summed E-state index contributed by atoms with van der Waals surface area (Å²) in [5.74, 6) is -1.68. The zero-order valence-electron chi connectivity index (χ0n) is 18.1. The van der Waals surface area contributed by atoms with E-state index >= 15 is 0 Å². The van der Waals surface area contributed by atoms with Crippen molar-refractivity contribution in [2.45, 2.75) is 26.9 Å². The number of hydrogen-bond donors (Lipinski definition) is 3. The van der Waals surface area contributed by atoms with Gasteiger partial charge in [0, 0.05) is 28.6 Å².